The van der Waals surface area contributed by atoms with Crippen LogP contribution in [0.15, 0.2) is 37.2 Å². The van der Waals surface area contributed by atoms with E-state index in [4.69, 9.17) is 0 Å². The first-order valence-electron chi connectivity index (χ1n) is 4.64. The molecular formula is C11H17N. The summed E-state index contributed by atoms with van der Waals surface area (Å²) in [6.07, 6.45) is 11.5. The Morgan fingerprint density at radius 3 is 2.00 bits per heavy atom. The molecule has 2 rings (SSSR count). The van der Waals surface area contributed by atoms with E-state index in [-0.39, 0.29) is 0 Å². The Labute approximate surface area is 74.5 Å². The summed E-state index contributed by atoms with van der Waals surface area (Å²) in [5.74, 6) is 0.861. The van der Waals surface area contributed by atoms with Gasteiger partial charge in [-0.25, -0.2) is 0 Å². The summed E-state index contributed by atoms with van der Waals surface area (Å²) in [5.41, 5.74) is 0. The lowest BCUT2D eigenvalue weighted by Gasteiger charge is -1.94. The molecule has 0 spiro atoms. The Morgan fingerprint density at radius 1 is 1.17 bits per heavy atom. The van der Waals surface area contributed by atoms with Gasteiger partial charge in [-0.15, -0.1) is 6.58 Å². The molecule has 1 fully saturated rings. The Bertz CT molecular complexity index is 166. The average molecular weight is 163 g/mol. The summed E-state index contributed by atoms with van der Waals surface area (Å²) in [5, 5.41) is 0. The maximum absolute atomic E-state index is 3.74. The van der Waals surface area contributed by atoms with Crippen molar-refractivity contribution in [3.8, 4) is 0 Å². The zero-order valence-electron chi connectivity index (χ0n) is 7.50. The van der Waals surface area contributed by atoms with E-state index in [1.807, 2.05) is 24.5 Å². The van der Waals surface area contributed by atoms with Gasteiger partial charge in [-0.05, 0) is 30.9 Å². The Morgan fingerprint density at radius 2 is 1.75 bits per heavy atom. The van der Waals surface area contributed by atoms with Crippen molar-refractivity contribution in [3.05, 3.63) is 37.2 Å². The highest BCUT2D eigenvalue weighted by Crippen LogP contribution is 2.24. The molecule has 1 heteroatoms. The van der Waals surface area contributed by atoms with Gasteiger partial charge in [-0.2, -0.15) is 0 Å². The lowest BCUT2D eigenvalue weighted by Crippen LogP contribution is -1.81. The van der Waals surface area contributed by atoms with E-state index in [0.717, 1.165) is 5.92 Å². The van der Waals surface area contributed by atoms with Crippen molar-refractivity contribution < 1.29 is 0 Å². The largest absolute Gasteiger partial charge is 0.368 e. The van der Waals surface area contributed by atoms with Gasteiger partial charge in [0, 0.05) is 12.4 Å². The van der Waals surface area contributed by atoms with Crippen LogP contribution in [0.2, 0.25) is 0 Å². The van der Waals surface area contributed by atoms with Crippen LogP contribution in [-0.2, 0) is 0 Å². The summed E-state index contributed by atoms with van der Waals surface area (Å²) in [4.78, 5) is 2.86. The van der Waals surface area contributed by atoms with Gasteiger partial charge in [0.05, 0.1) is 0 Å². The van der Waals surface area contributed by atoms with E-state index in [1.54, 1.807) is 0 Å². The number of H-pyrrole nitrogens is 1. The average Bonchev–Trinajstić information content (AvgIpc) is 2.81. The third kappa shape index (κ3) is 3.42. The summed E-state index contributed by atoms with van der Waals surface area (Å²) >= 11 is 0. The maximum Gasteiger partial charge on any atom is 0.000496 e. The molecule has 0 bridgehead atoms. The van der Waals surface area contributed by atoms with Crippen LogP contribution < -0.4 is 0 Å². The third-order valence-corrected chi connectivity index (χ3v) is 2.23. The van der Waals surface area contributed by atoms with Gasteiger partial charge >= 0.3 is 0 Å². The molecule has 1 aliphatic rings. The van der Waals surface area contributed by atoms with Gasteiger partial charge in [0.2, 0.25) is 0 Å². The van der Waals surface area contributed by atoms with Crippen LogP contribution >= 0.6 is 0 Å². The van der Waals surface area contributed by atoms with E-state index in [9.17, 15) is 0 Å². The molecule has 1 saturated carbocycles. The molecular weight excluding hydrogens is 146 g/mol. The van der Waals surface area contributed by atoms with Crippen molar-refractivity contribution in [1.82, 2.24) is 4.98 Å². The van der Waals surface area contributed by atoms with E-state index in [1.165, 1.54) is 25.7 Å². The predicted octanol–water partition coefficient (Wildman–Crippen LogP) is 3.38. The summed E-state index contributed by atoms with van der Waals surface area (Å²) in [7, 11) is 0. The Hall–Kier alpha value is -0.980. The molecule has 12 heavy (non-hydrogen) atoms. The molecule has 1 nitrogen and oxygen atoms in total. The molecule has 0 saturated heterocycles. The molecule has 1 aliphatic carbocycles. The van der Waals surface area contributed by atoms with Crippen LogP contribution in [0.4, 0.5) is 0 Å². The summed E-state index contributed by atoms with van der Waals surface area (Å²) in [6, 6.07) is 3.89. The fourth-order valence-corrected chi connectivity index (χ4v) is 1.47. The van der Waals surface area contributed by atoms with Crippen LogP contribution in [0.1, 0.15) is 25.7 Å². The predicted molar refractivity (Wildman–Crippen MR) is 52.9 cm³/mol. The lowest BCUT2D eigenvalue weighted by atomic mass is 10.1. The van der Waals surface area contributed by atoms with Crippen molar-refractivity contribution in [2.24, 2.45) is 5.92 Å². The van der Waals surface area contributed by atoms with Crippen molar-refractivity contribution in [1.29, 1.82) is 0 Å². The number of allylic oxidation sites excluding steroid dienone is 1. The first-order valence-corrected chi connectivity index (χ1v) is 4.64. The molecule has 0 radical (unpaired) electrons. The highest BCUT2D eigenvalue weighted by atomic mass is 14.6. The van der Waals surface area contributed by atoms with Crippen LogP contribution in [0.3, 0.4) is 0 Å². The minimum Gasteiger partial charge on any atom is -0.368 e. The summed E-state index contributed by atoms with van der Waals surface area (Å²) < 4.78 is 0. The van der Waals surface area contributed by atoms with Gasteiger partial charge in [0.15, 0.2) is 0 Å². The van der Waals surface area contributed by atoms with Crippen molar-refractivity contribution in [2.45, 2.75) is 25.7 Å². The Kier molecular flexibility index (Phi) is 4.28. The van der Waals surface area contributed by atoms with E-state index < -0.39 is 0 Å². The second-order valence-corrected chi connectivity index (χ2v) is 3.17. The van der Waals surface area contributed by atoms with Crippen LogP contribution in [-0.4, -0.2) is 4.98 Å². The van der Waals surface area contributed by atoms with Gasteiger partial charge in [-0.3, -0.25) is 0 Å². The van der Waals surface area contributed by atoms with E-state index in [2.05, 4.69) is 17.6 Å². The first-order chi connectivity index (χ1) is 5.93. The van der Waals surface area contributed by atoms with Crippen molar-refractivity contribution >= 4 is 0 Å². The minimum atomic E-state index is 0.861. The fourth-order valence-electron chi connectivity index (χ4n) is 1.47. The standard InChI is InChI=1S/C7H12.C4H5N/c1-2-7-5-3-4-6-7;1-2-4-5-3-1/h2,7H,1,3-6H2;1-5H. The highest BCUT2D eigenvalue weighted by molar-refractivity contribution is 4.84. The highest BCUT2D eigenvalue weighted by Gasteiger charge is 2.09. The van der Waals surface area contributed by atoms with Crippen molar-refractivity contribution in [2.75, 3.05) is 0 Å². The smallest absolute Gasteiger partial charge is 0.000496 e. The molecule has 0 atom stereocenters. The van der Waals surface area contributed by atoms with Gasteiger partial charge in [-0.1, -0.05) is 18.9 Å². The molecule has 0 unspecified atom stereocenters. The second-order valence-electron chi connectivity index (χ2n) is 3.17. The quantitative estimate of drug-likeness (QED) is 0.611. The van der Waals surface area contributed by atoms with Crippen LogP contribution in [0.5, 0.6) is 0 Å². The molecule has 1 aromatic rings. The minimum absolute atomic E-state index is 0.861. The number of hydrogen-bond acceptors (Lipinski definition) is 0. The molecule has 1 N–H and O–H groups in total. The SMILES string of the molecule is C=CC1CCCC1.c1cc[nH]c1. The number of aromatic amines is 1. The topological polar surface area (TPSA) is 15.8 Å². The number of nitrogens with one attached hydrogen (secondary N) is 1. The van der Waals surface area contributed by atoms with Gasteiger partial charge in [0.25, 0.3) is 0 Å². The number of rotatable bonds is 1. The molecule has 1 aromatic heterocycles. The first kappa shape index (κ1) is 9.11. The van der Waals surface area contributed by atoms with E-state index >= 15 is 0 Å². The fraction of sp³-hybridized carbons (Fsp3) is 0.455. The molecule has 0 aromatic carbocycles. The normalized spacial score (nSPS) is 16.7. The Balaban J connectivity index is 0.000000127. The number of hydrogen-bond donors (Lipinski definition) is 1. The molecule has 1 heterocycles. The van der Waals surface area contributed by atoms with Gasteiger partial charge in [0.1, 0.15) is 0 Å². The molecule has 66 valence electrons. The van der Waals surface area contributed by atoms with Crippen molar-refractivity contribution in [3.63, 3.8) is 0 Å². The van der Waals surface area contributed by atoms with E-state index in [0.29, 0.717) is 0 Å². The zero-order valence-corrected chi connectivity index (χ0v) is 7.50. The van der Waals surface area contributed by atoms with Gasteiger partial charge < -0.3 is 4.98 Å². The second kappa shape index (κ2) is 5.64. The summed E-state index contributed by atoms with van der Waals surface area (Å²) in [6.45, 7) is 3.74. The molecule has 0 aliphatic heterocycles. The van der Waals surface area contributed by atoms with Crippen LogP contribution in [0.25, 0.3) is 0 Å². The lowest BCUT2D eigenvalue weighted by molar-refractivity contribution is 0.688. The van der Waals surface area contributed by atoms with Crippen LogP contribution in [0, 0.1) is 5.92 Å². The third-order valence-electron chi connectivity index (χ3n) is 2.23. The zero-order chi connectivity index (χ0) is 8.65. The molecule has 0 amide bonds. The number of aromatic nitrogens is 1. The maximum atomic E-state index is 3.74. The monoisotopic (exact) mass is 163 g/mol.